The highest BCUT2D eigenvalue weighted by atomic mass is 16.2. The van der Waals surface area contributed by atoms with Crippen molar-refractivity contribution in [3.63, 3.8) is 0 Å². The van der Waals surface area contributed by atoms with Gasteiger partial charge in [-0.25, -0.2) is 0 Å². The van der Waals surface area contributed by atoms with Crippen molar-refractivity contribution in [1.82, 2.24) is 9.80 Å². The van der Waals surface area contributed by atoms with Gasteiger partial charge in [0.1, 0.15) is 0 Å². The third kappa shape index (κ3) is 2.96. The summed E-state index contributed by atoms with van der Waals surface area (Å²) >= 11 is 0. The lowest BCUT2D eigenvalue weighted by Crippen LogP contribution is -2.62. The zero-order valence-electron chi connectivity index (χ0n) is 12.6. The summed E-state index contributed by atoms with van der Waals surface area (Å²) in [5.41, 5.74) is 0.424. The van der Waals surface area contributed by atoms with Gasteiger partial charge in [0.15, 0.2) is 5.78 Å². The molecule has 1 saturated heterocycles. The Morgan fingerprint density at radius 2 is 1.90 bits per heavy atom. The quantitative estimate of drug-likeness (QED) is 0.785. The third-order valence-electron chi connectivity index (χ3n) is 4.04. The van der Waals surface area contributed by atoms with Crippen LogP contribution < -0.4 is 0 Å². The minimum absolute atomic E-state index is 0.0291. The van der Waals surface area contributed by atoms with E-state index in [0.717, 1.165) is 0 Å². The van der Waals surface area contributed by atoms with Crippen molar-refractivity contribution in [2.75, 3.05) is 26.7 Å². The molecule has 1 aliphatic rings. The van der Waals surface area contributed by atoms with Crippen LogP contribution in [0.15, 0.2) is 24.3 Å². The predicted octanol–water partition coefficient (Wildman–Crippen LogP) is 1.29. The van der Waals surface area contributed by atoms with Crippen molar-refractivity contribution in [2.45, 2.75) is 19.4 Å². The predicted molar refractivity (Wildman–Crippen MR) is 78.8 cm³/mol. The molecule has 0 atom stereocenters. The average Bonchev–Trinajstić information content (AvgIpc) is 2.48. The summed E-state index contributed by atoms with van der Waals surface area (Å²) in [7, 11) is 1.78. The van der Waals surface area contributed by atoms with E-state index in [1.807, 2.05) is 24.8 Å². The van der Waals surface area contributed by atoms with E-state index < -0.39 is 5.54 Å². The monoisotopic (exact) mass is 285 g/mol. The highest BCUT2D eigenvalue weighted by molar-refractivity contribution is 5.98. The number of benzene rings is 1. The number of ketones is 1. The van der Waals surface area contributed by atoms with Crippen LogP contribution >= 0.6 is 0 Å². The molecule has 0 radical (unpaired) electrons. The zero-order chi connectivity index (χ0) is 15.6. The fourth-order valence-corrected chi connectivity index (χ4v) is 2.53. The Bertz CT molecular complexity index is 599. The fraction of sp³-hybridized carbons (Fsp3) is 0.438. The molecule has 21 heavy (non-hydrogen) atoms. The van der Waals surface area contributed by atoms with Crippen LogP contribution in [0.25, 0.3) is 0 Å². The number of nitrogens with zero attached hydrogens (tertiary/aromatic N) is 3. The van der Waals surface area contributed by atoms with E-state index >= 15 is 0 Å². The molecule has 0 saturated carbocycles. The van der Waals surface area contributed by atoms with Crippen molar-refractivity contribution in [3.8, 4) is 6.07 Å². The molecule has 0 bridgehead atoms. The number of rotatable bonds is 3. The van der Waals surface area contributed by atoms with Crippen molar-refractivity contribution in [3.05, 3.63) is 35.4 Å². The van der Waals surface area contributed by atoms with E-state index in [4.69, 9.17) is 5.26 Å². The Morgan fingerprint density at radius 1 is 1.29 bits per heavy atom. The minimum atomic E-state index is -0.671. The molecular formula is C16H19N3O2. The Morgan fingerprint density at radius 3 is 2.48 bits per heavy atom. The molecule has 1 aromatic rings. The number of likely N-dealkylation sites (N-methyl/N-ethyl adjacent to an activating group) is 1. The van der Waals surface area contributed by atoms with Crippen LogP contribution in [0.2, 0.25) is 0 Å². The highest BCUT2D eigenvalue weighted by Crippen LogP contribution is 2.22. The number of nitriles is 1. The molecule has 5 nitrogen and oxygen atoms in total. The summed E-state index contributed by atoms with van der Waals surface area (Å²) in [6.07, 6.45) is 0. The molecule has 0 unspecified atom stereocenters. The Kier molecular flexibility index (Phi) is 4.10. The molecule has 1 amide bonds. The standard InChI is InChI=1S/C16H19N3O2/c1-16(2)15(21)18(3)8-9-19(16)11-14(20)13-6-4-12(10-17)5-7-13/h4-7H,8-9,11H2,1-3H3. The second-order valence-electron chi connectivity index (χ2n) is 5.82. The van der Waals surface area contributed by atoms with Gasteiger partial charge in [0, 0.05) is 25.7 Å². The maximum absolute atomic E-state index is 12.3. The van der Waals surface area contributed by atoms with Crippen LogP contribution in [0.3, 0.4) is 0 Å². The summed E-state index contributed by atoms with van der Waals surface area (Å²) in [5.74, 6) is -0.00806. The van der Waals surface area contributed by atoms with Crippen LogP contribution in [0.4, 0.5) is 0 Å². The molecule has 110 valence electrons. The van der Waals surface area contributed by atoms with Gasteiger partial charge < -0.3 is 4.90 Å². The van der Waals surface area contributed by atoms with E-state index in [9.17, 15) is 9.59 Å². The van der Waals surface area contributed by atoms with Gasteiger partial charge >= 0.3 is 0 Å². The van der Waals surface area contributed by atoms with Gasteiger partial charge in [-0.05, 0) is 26.0 Å². The number of hydrogen-bond donors (Lipinski definition) is 0. The number of amides is 1. The lowest BCUT2D eigenvalue weighted by molar-refractivity contribution is -0.146. The summed E-state index contributed by atoms with van der Waals surface area (Å²) in [6.45, 7) is 5.20. The summed E-state index contributed by atoms with van der Waals surface area (Å²) in [4.78, 5) is 28.1. The molecule has 5 heteroatoms. The fourth-order valence-electron chi connectivity index (χ4n) is 2.53. The van der Waals surface area contributed by atoms with E-state index in [-0.39, 0.29) is 18.2 Å². The maximum atomic E-state index is 12.3. The Balaban J connectivity index is 2.12. The summed E-state index contributed by atoms with van der Waals surface area (Å²) in [5, 5.41) is 8.77. The summed E-state index contributed by atoms with van der Waals surface area (Å²) < 4.78 is 0. The Hall–Kier alpha value is -2.19. The van der Waals surface area contributed by atoms with Crippen LogP contribution in [0.1, 0.15) is 29.8 Å². The van der Waals surface area contributed by atoms with Gasteiger partial charge in [0.2, 0.25) is 5.91 Å². The normalized spacial score (nSPS) is 18.4. The number of carbonyl (C=O) groups is 2. The summed E-state index contributed by atoms with van der Waals surface area (Å²) in [6, 6.07) is 8.61. The lowest BCUT2D eigenvalue weighted by atomic mass is 9.96. The van der Waals surface area contributed by atoms with Gasteiger partial charge in [-0.15, -0.1) is 0 Å². The molecule has 0 aromatic heterocycles. The van der Waals surface area contributed by atoms with Crippen LogP contribution in [-0.4, -0.2) is 53.7 Å². The number of hydrogen-bond acceptors (Lipinski definition) is 4. The molecule has 2 rings (SSSR count). The smallest absolute Gasteiger partial charge is 0.242 e. The first kappa shape index (κ1) is 15.2. The van der Waals surface area contributed by atoms with Crippen LogP contribution in [0, 0.1) is 11.3 Å². The first-order valence-corrected chi connectivity index (χ1v) is 6.90. The SMILES string of the molecule is CN1CCN(CC(=O)c2ccc(C#N)cc2)C(C)(C)C1=O. The topological polar surface area (TPSA) is 64.4 Å². The second-order valence-corrected chi connectivity index (χ2v) is 5.82. The van der Waals surface area contributed by atoms with E-state index in [1.54, 1.807) is 36.2 Å². The van der Waals surface area contributed by atoms with Gasteiger partial charge in [-0.1, -0.05) is 12.1 Å². The van der Waals surface area contributed by atoms with E-state index in [2.05, 4.69) is 0 Å². The van der Waals surface area contributed by atoms with Crippen molar-refractivity contribution in [1.29, 1.82) is 5.26 Å². The Labute approximate surface area is 124 Å². The van der Waals surface area contributed by atoms with Gasteiger partial charge in [0.25, 0.3) is 0 Å². The first-order valence-electron chi connectivity index (χ1n) is 6.90. The van der Waals surface area contributed by atoms with Gasteiger partial charge in [0.05, 0.1) is 23.7 Å². The highest BCUT2D eigenvalue weighted by Gasteiger charge is 2.40. The van der Waals surface area contributed by atoms with Crippen molar-refractivity contribution < 1.29 is 9.59 Å². The molecule has 1 aromatic carbocycles. The van der Waals surface area contributed by atoms with Crippen molar-refractivity contribution in [2.24, 2.45) is 0 Å². The number of Topliss-reactive ketones (excluding diaryl/α,β-unsaturated/α-hetero) is 1. The average molecular weight is 285 g/mol. The van der Waals surface area contributed by atoms with E-state index in [1.165, 1.54) is 0 Å². The minimum Gasteiger partial charge on any atom is -0.343 e. The zero-order valence-corrected chi connectivity index (χ0v) is 12.6. The van der Waals surface area contributed by atoms with Gasteiger partial charge in [-0.3, -0.25) is 14.5 Å². The third-order valence-corrected chi connectivity index (χ3v) is 4.04. The molecule has 1 heterocycles. The van der Waals surface area contributed by atoms with Gasteiger partial charge in [-0.2, -0.15) is 5.26 Å². The van der Waals surface area contributed by atoms with E-state index in [0.29, 0.717) is 24.2 Å². The maximum Gasteiger partial charge on any atom is 0.242 e. The molecule has 0 N–H and O–H groups in total. The van der Waals surface area contributed by atoms with Crippen molar-refractivity contribution >= 4 is 11.7 Å². The molecule has 1 fully saturated rings. The largest absolute Gasteiger partial charge is 0.343 e. The first-order chi connectivity index (χ1) is 9.86. The van der Waals surface area contributed by atoms with Crippen LogP contribution in [-0.2, 0) is 4.79 Å². The second kappa shape index (κ2) is 5.66. The molecule has 1 aliphatic heterocycles. The number of piperazine rings is 1. The molecule has 0 aliphatic carbocycles. The molecular weight excluding hydrogens is 266 g/mol. The lowest BCUT2D eigenvalue weighted by Gasteiger charge is -2.44. The molecule has 0 spiro atoms. The van der Waals surface area contributed by atoms with Crippen LogP contribution in [0.5, 0.6) is 0 Å². The number of carbonyl (C=O) groups excluding carboxylic acids is 2.